The van der Waals surface area contributed by atoms with Crippen LogP contribution in [0, 0.1) is 0 Å². The molecule has 3 aromatic rings. The molecule has 0 aliphatic heterocycles. The van der Waals surface area contributed by atoms with Crippen LogP contribution in [-0.4, -0.2) is 28.5 Å². The molecule has 178 valence electrons. The lowest BCUT2D eigenvalue weighted by atomic mass is 10.1. The average Bonchev–Trinajstić information content (AvgIpc) is 3.29. The lowest BCUT2D eigenvalue weighted by Gasteiger charge is -2.17. The van der Waals surface area contributed by atoms with Gasteiger partial charge in [0, 0.05) is 12.0 Å². The Hall–Kier alpha value is -2.49. The Morgan fingerprint density at radius 1 is 1.03 bits per heavy atom. The van der Waals surface area contributed by atoms with Crippen molar-refractivity contribution in [3.63, 3.8) is 0 Å². The van der Waals surface area contributed by atoms with Crippen LogP contribution >= 0.6 is 11.3 Å². The molecule has 0 radical (unpaired) electrons. The van der Waals surface area contributed by atoms with Crippen molar-refractivity contribution in [3.05, 3.63) is 64.2 Å². The average molecular weight is 480 g/mol. The lowest BCUT2D eigenvalue weighted by Crippen LogP contribution is -2.36. The molecule has 1 aromatic heterocycles. The normalized spacial score (nSPS) is 13.7. The van der Waals surface area contributed by atoms with Crippen molar-refractivity contribution in [2.75, 3.05) is 13.2 Å². The van der Waals surface area contributed by atoms with E-state index in [9.17, 15) is 18.3 Å². The van der Waals surface area contributed by atoms with Gasteiger partial charge >= 0.3 is 6.18 Å². The third-order valence-electron chi connectivity index (χ3n) is 5.26. The van der Waals surface area contributed by atoms with Gasteiger partial charge in [-0.15, -0.1) is 10.2 Å². The number of aryl methyl sites for hydroxylation is 1. The van der Waals surface area contributed by atoms with E-state index in [1.807, 2.05) is 12.1 Å². The molecule has 3 rings (SSSR count). The van der Waals surface area contributed by atoms with Crippen molar-refractivity contribution in [1.82, 2.24) is 10.2 Å². The van der Waals surface area contributed by atoms with Gasteiger partial charge in [-0.25, -0.2) is 0 Å². The van der Waals surface area contributed by atoms with E-state index in [2.05, 4.69) is 29.3 Å². The summed E-state index contributed by atoms with van der Waals surface area (Å²) in [7, 11) is 0. The largest absolute Gasteiger partial charge is 0.493 e. The van der Waals surface area contributed by atoms with Crippen LogP contribution in [0.4, 0.5) is 13.2 Å². The van der Waals surface area contributed by atoms with Gasteiger partial charge < -0.3 is 15.6 Å². The summed E-state index contributed by atoms with van der Waals surface area (Å²) in [5.74, 6) is -0.227. The minimum absolute atomic E-state index is 0.127. The second-order valence-corrected chi connectivity index (χ2v) is 9.19. The Morgan fingerprint density at radius 2 is 1.70 bits per heavy atom. The number of halogens is 3. The van der Waals surface area contributed by atoms with Gasteiger partial charge in [-0.2, -0.15) is 13.2 Å². The number of aliphatic hydroxyl groups is 1. The number of hydrogen-bond donors (Lipinski definition) is 2. The summed E-state index contributed by atoms with van der Waals surface area (Å²) in [4.78, 5) is 0. The summed E-state index contributed by atoms with van der Waals surface area (Å²) in [6, 6.07) is 11.9. The molecule has 0 spiro atoms. The van der Waals surface area contributed by atoms with Crippen LogP contribution in [0.2, 0.25) is 0 Å². The molecule has 0 unspecified atom stereocenters. The fourth-order valence-electron chi connectivity index (χ4n) is 3.18. The summed E-state index contributed by atoms with van der Waals surface area (Å²) < 4.78 is 46.7. The first-order chi connectivity index (χ1) is 15.6. The molecule has 9 heteroatoms. The van der Waals surface area contributed by atoms with E-state index in [-0.39, 0.29) is 29.5 Å². The van der Waals surface area contributed by atoms with E-state index >= 15 is 0 Å². The van der Waals surface area contributed by atoms with Crippen molar-refractivity contribution in [1.29, 1.82) is 0 Å². The number of nitrogens with zero attached hydrogens (tertiary/aromatic N) is 2. The molecule has 1 heterocycles. The number of benzene rings is 2. The molecule has 3 N–H and O–H groups in total. The maximum absolute atomic E-state index is 13.7. The van der Waals surface area contributed by atoms with Crippen molar-refractivity contribution >= 4 is 11.3 Å². The summed E-state index contributed by atoms with van der Waals surface area (Å²) in [6.07, 6.45) is -0.805. The first-order valence-corrected chi connectivity index (χ1v) is 11.6. The van der Waals surface area contributed by atoms with Crippen molar-refractivity contribution in [3.8, 4) is 16.3 Å². The number of aromatic nitrogens is 2. The van der Waals surface area contributed by atoms with Crippen LogP contribution < -0.4 is 10.5 Å². The third-order valence-corrected chi connectivity index (χ3v) is 6.52. The minimum atomic E-state index is -4.59. The zero-order valence-electron chi connectivity index (χ0n) is 18.7. The highest BCUT2D eigenvalue weighted by molar-refractivity contribution is 7.14. The van der Waals surface area contributed by atoms with Gasteiger partial charge in [-0.05, 0) is 49.1 Å². The second kappa shape index (κ2) is 10.6. The molecule has 0 saturated heterocycles. The van der Waals surface area contributed by atoms with Gasteiger partial charge in [-0.3, -0.25) is 0 Å². The first-order valence-electron chi connectivity index (χ1n) is 10.8. The second-order valence-electron chi connectivity index (χ2n) is 8.22. The van der Waals surface area contributed by atoms with Crippen molar-refractivity contribution < 1.29 is 23.0 Å². The van der Waals surface area contributed by atoms with Gasteiger partial charge in [-0.1, -0.05) is 48.9 Å². The summed E-state index contributed by atoms with van der Waals surface area (Å²) in [5.41, 5.74) is 6.48. The van der Waals surface area contributed by atoms with Crippen molar-refractivity contribution in [2.45, 2.75) is 51.2 Å². The van der Waals surface area contributed by atoms with E-state index < -0.39 is 17.3 Å². The Kier molecular flexibility index (Phi) is 8.10. The number of unbranched alkanes of at least 4 members (excludes halogenated alkanes) is 1. The first kappa shape index (κ1) is 25.1. The molecule has 0 aliphatic carbocycles. The maximum atomic E-state index is 13.7. The van der Waals surface area contributed by atoms with Gasteiger partial charge in [0.25, 0.3) is 0 Å². The molecule has 1 atom stereocenters. The quantitative estimate of drug-likeness (QED) is 0.410. The Labute approximate surface area is 195 Å². The highest BCUT2D eigenvalue weighted by Gasteiger charge is 2.35. The minimum Gasteiger partial charge on any atom is -0.493 e. The van der Waals surface area contributed by atoms with Crippen LogP contribution in [0.25, 0.3) is 10.6 Å². The molecule has 5 nitrogen and oxygen atoms in total. The summed E-state index contributed by atoms with van der Waals surface area (Å²) >= 11 is 1.05. The number of alkyl halides is 3. The summed E-state index contributed by atoms with van der Waals surface area (Å²) in [6.45, 7) is 3.49. The van der Waals surface area contributed by atoms with E-state index in [0.29, 0.717) is 11.4 Å². The predicted molar refractivity (Wildman–Crippen MR) is 123 cm³/mol. The zero-order chi connectivity index (χ0) is 24.1. The highest BCUT2D eigenvalue weighted by Crippen LogP contribution is 2.39. The molecule has 0 fully saturated rings. The maximum Gasteiger partial charge on any atom is 0.419 e. The fourth-order valence-corrected chi connectivity index (χ4v) is 4.07. The Balaban J connectivity index is 1.72. The summed E-state index contributed by atoms with van der Waals surface area (Å²) in [5, 5.41) is 17.9. The number of ether oxygens (including phenoxy) is 1. The number of nitrogens with two attached hydrogens (primary N) is 1. The van der Waals surface area contributed by atoms with Crippen LogP contribution in [0.15, 0.2) is 42.5 Å². The van der Waals surface area contributed by atoms with E-state index in [0.717, 1.165) is 42.2 Å². The van der Waals surface area contributed by atoms with Crippen LogP contribution in [0.3, 0.4) is 0 Å². The molecule has 0 amide bonds. The monoisotopic (exact) mass is 479 g/mol. The smallest absolute Gasteiger partial charge is 0.419 e. The van der Waals surface area contributed by atoms with E-state index in [1.54, 1.807) is 6.92 Å². The number of aliphatic hydroxyl groups excluding tert-OH is 1. The standard InChI is InChI=1S/C24H28F3N3O2S/c1-3-4-5-16-6-8-17(9-7-16)12-13-32-20-11-10-18(14-19(20)24(25,26)27)21-29-30-22(33-21)23(2,28)15-31/h6-11,14,31H,3-5,12-13,15,28H2,1-2H3/t23-/m0/s1. The van der Waals surface area contributed by atoms with Gasteiger partial charge in [0.2, 0.25) is 0 Å². The highest BCUT2D eigenvalue weighted by atomic mass is 32.1. The fraction of sp³-hybridized carbons (Fsp3) is 0.417. The number of rotatable bonds is 10. The molecular weight excluding hydrogens is 451 g/mol. The van der Waals surface area contributed by atoms with Gasteiger partial charge in [0.1, 0.15) is 15.8 Å². The predicted octanol–water partition coefficient (Wildman–Crippen LogP) is 5.35. The van der Waals surface area contributed by atoms with Crippen LogP contribution in [0.1, 0.15) is 48.4 Å². The molecule has 2 aromatic carbocycles. The van der Waals surface area contributed by atoms with Crippen LogP contribution in [0.5, 0.6) is 5.75 Å². The third kappa shape index (κ3) is 6.52. The molecule has 0 bridgehead atoms. The SMILES string of the molecule is CCCCc1ccc(CCOc2ccc(-c3nnc([C@@](C)(N)CO)s3)cc2C(F)(F)F)cc1. The lowest BCUT2D eigenvalue weighted by molar-refractivity contribution is -0.138. The van der Waals surface area contributed by atoms with Gasteiger partial charge in [0.05, 0.1) is 24.3 Å². The van der Waals surface area contributed by atoms with Gasteiger partial charge in [0.15, 0.2) is 0 Å². The molecule has 0 aliphatic rings. The molecule has 0 saturated carbocycles. The number of hydrogen-bond acceptors (Lipinski definition) is 6. The topological polar surface area (TPSA) is 81.3 Å². The Bertz CT molecular complexity index is 1050. The molecule has 33 heavy (non-hydrogen) atoms. The molecular formula is C24H28F3N3O2S. The zero-order valence-corrected chi connectivity index (χ0v) is 19.5. The van der Waals surface area contributed by atoms with E-state index in [1.165, 1.54) is 17.7 Å². The van der Waals surface area contributed by atoms with Crippen LogP contribution in [-0.2, 0) is 24.6 Å². The Morgan fingerprint density at radius 3 is 2.30 bits per heavy atom. The van der Waals surface area contributed by atoms with Crippen molar-refractivity contribution in [2.24, 2.45) is 5.73 Å². The van der Waals surface area contributed by atoms with E-state index in [4.69, 9.17) is 10.5 Å².